The van der Waals surface area contributed by atoms with Gasteiger partial charge in [0.15, 0.2) is 0 Å². The Bertz CT molecular complexity index is 998. The summed E-state index contributed by atoms with van der Waals surface area (Å²) in [5, 5.41) is 35.8. The van der Waals surface area contributed by atoms with Crippen molar-refractivity contribution in [1.29, 1.82) is 21.0 Å². The Morgan fingerprint density at radius 2 is 0.489 bits per heavy atom. The van der Waals surface area contributed by atoms with Crippen LogP contribution in [-0.4, -0.2) is 67.8 Å². The molecule has 0 atom stereocenters. The van der Waals surface area contributed by atoms with Gasteiger partial charge in [0.05, 0.1) is 77.6 Å². The summed E-state index contributed by atoms with van der Waals surface area (Å²) in [5.41, 5.74) is 0. The van der Waals surface area contributed by atoms with Crippen LogP contribution in [0, 0.1) is 45.3 Å². The molecule has 19 heteroatoms. The maximum absolute atomic E-state index is 9.75. The molecule has 0 saturated carbocycles. The van der Waals surface area contributed by atoms with Crippen molar-refractivity contribution < 1.29 is 51.3 Å². The fourth-order valence-electron chi connectivity index (χ4n) is 2.71. The van der Waals surface area contributed by atoms with Gasteiger partial charge in [0, 0.05) is 59.4 Å². The van der Waals surface area contributed by atoms with Gasteiger partial charge in [0.2, 0.25) is 0 Å². The van der Waals surface area contributed by atoms with Gasteiger partial charge in [-0.05, 0) is 24.3 Å². The van der Waals surface area contributed by atoms with Gasteiger partial charge in [-0.1, -0.05) is 24.3 Å². The summed E-state index contributed by atoms with van der Waals surface area (Å²) in [5.74, 6) is 0. The molecule has 267 valence electrons. The third kappa shape index (κ3) is 60.1. The van der Waals surface area contributed by atoms with Gasteiger partial charge in [-0.3, -0.25) is 0 Å². The molecule has 0 saturated heterocycles. The average molecular weight is 797 g/mol. The second-order valence-electron chi connectivity index (χ2n) is 8.98. The summed E-state index contributed by atoms with van der Waals surface area (Å²) in [4.78, 5) is 0. The molecule has 2 rings (SSSR count). The fraction of sp³-hybridized carbons (Fsp3) is 0.429. The van der Waals surface area contributed by atoms with Crippen molar-refractivity contribution in [2.75, 3.05) is 53.3 Å². The van der Waals surface area contributed by atoms with Crippen molar-refractivity contribution in [3.63, 3.8) is 0 Å². The summed E-state index contributed by atoms with van der Waals surface area (Å²) in [6.07, 6.45) is 0. The van der Waals surface area contributed by atoms with Crippen LogP contribution >= 0.6 is 31.7 Å². The zero-order chi connectivity index (χ0) is 38.1. The SMILES string of the molecule is CC#N.CC#N.CC#N.CC#N.C[PH+](C)c1ccccc1[PH+](C)C.C[PH+](C)c1ccccc1[PH+](C)C.F[B-](F)(F)F.F[B-](F)(F)F.[Co+2]. The van der Waals surface area contributed by atoms with Gasteiger partial charge in [-0.25, -0.2) is 0 Å². The van der Waals surface area contributed by atoms with Crippen LogP contribution in [0.5, 0.6) is 0 Å². The molecule has 0 aromatic heterocycles. The summed E-state index contributed by atoms with van der Waals surface area (Å²) in [6, 6.07) is 24.9. The zero-order valence-electron chi connectivity index (χ0n) is 28.9. The number of rotatable bonds is 4. The first kappa shape index (κ1) is 60.5. The fourth-order valence-corrected chi connectivity index (χ4v) is 9.92. The molecule has 0 N–H and O–H groups in total. The molecule has 4 nitrogen and oxygen atoms in total. The molecule has 0 aliphatic carbocycles. The largest absolute Gasteiger partial charge is 2.00 e. The Hall–Kier alpha value is -1.80. The number of nitriles is 4. The molecular weight excluding hydrogens is 749 g/mol. The molecule has 0 fully saturated rings. The van der Waals surface area contributed by atoms with Gasteiger partial charge in [0.1, 0.15) is 21.2 Å². The van der Waals surface area contributed by atoms with E-state index in [2.05, 4.69) is 102 Å². The van der Waals surface area contributed by atoms with E-state index >= 15 is 0 Å². The van der Waals surface area contributed by atoms with Gasteiger partial charge in [-0.15, -0.1) is 0 Å². The summed E-state index contributed by atoms with van der Waals surface area (Å²) < 4.78 is 78.0. The molecule has 47 heavy (non-hydrogen) atoms. The first-order valence-corrected chi connectivity index (χ1v) is 23.3. The normalized spacial score (nSPS) is 8.94. The Labute approximate surface area is 292 Å². The quantitative estimate of drug-likeness (QED) is 0.176. The van der Waals surface area contributed by atoms with Crippen LogP contribution in [0.25, 0.3) is 0 Å². The smallest absolute Gasteiger partial charge is 0.418 e. The summed E-state index contributed by atoms with van der Waals surface area (Å²) in [7, 11) is -13.0. The molecule has 0 aliphatic rings. The molecule has 0 aliphatic heterocycles. The van der Waals surface area contributed by atoms with Crippen LogP contribution in [0.2, 0.25) is 0 Å². The van der Waals surface area contributed by atoms with Crippen molar-refractivity contribution in [2.24, 2.45) is 0 Å². The topological polar surface area (TPSA) is 95.2 Å². The zero-order valence-corrected chi connectivity index (χ0v) is 34.0. The molecule has 2 aromatic carbocycles. The Morgan fingerprint density at radius 3 is 0.553 bits per heavy atom. The number of benzene rings is 2. The Morgan fingerprint density at radius 1 is 0.404 bits per heavy atom. The van der Waals surface area contributed by atoms with Crippen molar-refractivity contribution >= 4 is 67.4 Å². The monoisotopic (exact) mass is 797 g/mol. The van der Waals surface area contributed by atoms with Crippen LogP contribution in [0.15, 0.2) is 48.5 Å². The molecule has 0 bridgehead atoms. The number of hydrogen-bond acceptors (Lipinski definition) is 4. The average Bonchev–Trinajstić information content (AvgIpc) is 2.89. The van der Waals surface area contributed by atoms with Crippen LogP contribution in [0.3, 0.4) is 0 Å². The third-order valence-electron chi connectivity index (χ3n) is 4.01. The van der Waals surface area contributed by atoms with E-state index in [9.17, 15) is 34.5 Å². The number of nitrogens with zero attached hydrogens (tertiary/aromatic N) is 4. The Kier molecular flexibility index (Phi) is 49.8. The predicted molar refractivity (Wildman–Crippen MR) is 198 cm³/mol. The molecule has 0 spiro atoms. The second-order valence-corrected chi connectivity index (χ2v) is 19.1. The first-order valence-electron chi connectivity index (χ1n) is 13.3. The minimum Gasteiger partial charge on any atom is -0.418 e. The molecule has 0 heterocycles. The standard InChI is InChI=1S/2C10H16P2.4C2H3N.2BF4.Co/c2*1-11(2)9-7-5-6-8-10(9)12(3)4;4*1-2-3;2*2-1(3,4)5;/h2*5-8H,1-4H3;4*1H3;;;/q;;;;;;2*-1;+2/p+4. The number of halogens is 8. The number of hydrogen-bond donors (Lipinski definition) is 0. The van der Waals surface area contributed by atoms with Crippen molar-refractivity contribution in [2.45, 2.75) is 27.7 Å². The summed E-state index contributed by atoms with van der Waals surface area (Å²) >= 11 is 0. The van der Waals surface area contributed by atoms with Crippen molar-refractivity contribution in [1.82, 2.24) is 0 Å². The van der Waals surface area contributed by atoms with E-state index in [4.69, 9.17) is 21.0 Å². The second kappa shape index (κ2) is 38.6. The minimum atomic E-state index is -6.00. The van der Waals surface area contributed by atoms with Crippen LogP contribution in [-0.2, 0) is 16.8 Å². The van der Waals surface area contributed by atoms with E-state index in [1.165, 1.54) is 27.7 Å². The van der Waals surface area contributed by atoms with Crippen LogP contribution in [0.4, 0.5) is 34.5 Å². The predicted octanol–water partition coefficient (Wildman–Crippen LogP) is 8.49. The van der Waals surface area contributed by atoms with Crippen LogP contribution < -0.4 is 21.2 Å². The van der Waals surface area contributed by atoms with Gasteiger partial charge >= 0.3 is 31.3 Å². The van der Waals surface area contributed by atoms with E-state index in [1.807, 2.05) is 0 Å². The van der Waals surface area contributed by atoms with Crippen molar-refractivity contribution in [3.05, 3.63) is 48.5 Å². The third-order valence-corrected chi connectivity index (χ3v) is 10.6. The van der Waals surface area contributed by atoms with E-state index in [0.29, 0.717) is 0 Å². The molecular formula is C28H48B2CoF8N4P4+4. The first-order chi connectivity index (χ1) is 20.9. The van der Waals surface area contributed by atoms with Gasteiger partial charge in [0.25, 0.3) is 0 Å². The minimum absolute atomic E-state index is 0. The maximum Gasteiger partial charge on any atom is 2.00 e. The molecule has 0 unspecified atom stereocenters. The van der Waals surface area contributed by atoms with E-state index < -0.39 is 14.5 Å². The maximum atomic E-state index is 9.75. The van der Waals surface area contributed by atoms with E-state index in [0.717, 1.165) is 0 Å². The molecule has 0 amide bonds. The molecule has 1 radical (unpaired) electrons. The van der Waals surface area contributed by atoms with Crippen molar-refractivity contribution in [3.8, 4) is 24.3 Å². The van der Waals surface area contributed by atoms with E-state index in [-0.39, 0.29) is 48.5 Å². The van der Waals surface area contributed by atoms with Gasteiger partial charge in [-0.2, -0.15) is 21.0 Å². The summed E-state index contributed by atoms with van der Waals surface area (Å²) in [6.45, 7) is 24.7. The van der Waals surface area contributed by atoms with Gasteiger partial charge < -0.3 is 34.5 Å². The Balaban J connectivity index is -0.0000000846. The molecule has 2 aromatic rings. The van der Waals surface area contributed by atoms with E-state index in [1.54, 1.807) is 45.5 Å². The van der Waals surface area contributed by atoms with Crippen LogP contribution in [0.1, 0.15) is 27.7 Å².